The van der Waals surface area contributed by atoms with Crippen molar-refractivity contribution in [1.29, 1.82) is 0 Å². The van der Waals surface area contributed by atoms with Crippen molar-refractivity contribution in [3.8, 4) is 0 Å². The third kappa shape index (κ3) is 1.48. The van der Waals surface area contributed by atoms with Gasteiger partial charge in [-0.1, -0.05) is 11.6 Å². The topological polar surface area (TPSA) is 42.2 Å². The van der Waals surface area contributed by atoms with Gasteiger partial charge in [-0.05, 0) is 44.4 Å². The molecule has 0 saturated heterocycles. The van der Waals surface area contributed by atoms with Gasteiger partial charge in [0.1, 0.15) is 5.54 Å². The molecule has 0 amide bonds. The second-order valence-corrected chi connectivity index (χ2v) is 4.61. The van der Waals surface area contributed by atoms with Gasteiger partial charge in [-0.2, -0.15) is 0 Å². The molecule has 84 valence electrons. The lowest BCUT2D eigenvalue weighted by molar-refractivity contribution is -0.145. The zero-order valence-electron chi connectivity index (χ0n) is 9.69. The third-order valence-corrected chi connectivity index (χ3v) is 2.97. The number of aryl methyl sites for hydroxylation is 1. The Labute approximate surface area is 94.3 Å². The van der Waals surface area contributed by atoms with Crippen LogP contribution in [0.4, 0.5) is 0 Å². The molecule has 2 rings (SSSR count). The lowest BCUT2D eigenvalue weighted by atomic mass is 10.1. The quantitative estimate of drug-likeness (QED) is 0.840. The summed E-state index contributed by atoms with van der Waals surface area (Å²) in [6, 6.07) is 7.98. The van der Waals surface area contributed by atoms with E-state index in [1.165, 1.54) is 5.56 Å². The van der Waals surface area contributed by atoms with E-state index in [0.29, 0.717) is 0 Å². The molecule has 3 heteroatoms. The van der Waals surface area contributed by atoms with Crippen molar-refractivity contribution >= 4 is 16.9 Å². The molecule has 1 aromatic heterocycles. The summed E-state index contributed by atoms with van der Waals surface area (Å²) < 4.78 is 1.80. The number of rotatable bonds is 2. The van der Waals surface area contributed by atoms with Crippen molar-refractivity contribution in [2.24, 2.45) is 0 Å². The second kappa shape index (κ2) is 3.37. The Bertz CT molecular complexity index is 552. The minimum absolute atomic E-state index is 0.828. The van der Waals surface area contributed by atoms with E-state index < -0.39 is 11.5 Å². The van der Waals surface area contributed by atoms with E-state index in [9.17, 15) is 9.90 Å². The van der Waals surface area contributed by atoms with Gasteiger partial charge in [0.2, 0.25) is 0 Å². The molecular formula is C13H15NO2. The van der Waals surface area contributed by atoms with Crippen molar-refractivity contribution in [3.63, 3.8) is 0 Å². The fraction of sp³-hybridized carbons (Fsp3) is 0.308. The maximum Gasteiger partial charge on any atom is 0.329 e. The molecule has 0 radical (unpaired) electrons. The fourth-order valence-electron chi connectivity index (χ4n) is 1.85. The van der Waals surface area contributed by atoms with E-state index in [4.69, 9.17) is 0 Å². The summed E-state index contributed by atoms with van der Waals surface area (Å²) in [5.74, 6) is -0.828. The van der Waals surface area contributed by atoms with Crippen LogP contribution in [0.25, 0.3) is 10.9 Å². The summed E-state index contributed by atoms with van der Waals surface area (Å²) in [6.07, 6.45) is 1.83. The van der Waals surface area contributed by atoms with Crippen LogP contribution in [0.15, 0.2) is 30.5 Å². The Morgan fingerprint density at radius 2 is 2.00 bits per heavy atom. The summed E-state index contributed by atoms with van der Waals surface area (Å²) in [7, 11) is 0. The predicted molar refractivity (Wildman–Crippen MR) is 63.6 cm³/mol. The van der Waals surface area contributed by atoms with Crippen LogP contribution in [0, 0.1) is 6.92 Å². The first-order valence-electron chi connectivity index (χ1n) is 5.24. The monoisotopic (exact) mass is 217 g/mol. The van der Waals surface area contributed by atoms with Gasteiger partial charge in [-0.25, -0.2) is 4.79 Å². The van der Waals surface area contributed by atoms with Gasteiger partial charge in [-0.3, -0.25) is 0 Å². The van der Waals surface area contributed by atoms with Crippen LogP contribution in [-0.2, 0) is 10.3 Å². The van der Waals surface area contributed by atoms with Crippen LogP contribution in [0.3, 0.4) is 0 Å². The fourth-order valence-corrected chi connectivity index (χ4v) is 1.85. The molecule has 0 fully saturated rings. The average molecular weight is 217 g/mol. The van der Waals surface area contributed by atoms with Crippen molar-refractivity contribution in [3.05, 3.63) is 36.0 Å². The number of aliphatic carboxylic acids is 1. The summed E-state index contributed by atoms with van der Waals surface area (Å²) in [4.78, 5) is 11.2. The average Bonchev–Trinajstić information content (AvgIpc) is 2.60. The third-order valence-electron chi connectivity index (χ3n) is 2.97. The van der Waals surface area contributed by atoms with Crippen molar-refractivity contribution in [1.82, 2.24) is 4.57 Å². The van der Waals surface area contributed by atoms with Gasteiger partial charge in [0.05, 0.1) is 0 Å². The van der Waals surface area contributed by atoms with Gasteiger partial charge in [0.25, 0.3) is 0 Å². The Morgan fingerprint density at radius 1 is 1.31 bits per heavy atom. The molecule has 0 bridgehead atoms. The first-order valence-corrected chi connectivity index (χ1v) is 5.24. The Hall–Kier alpha value is -1.77. The largest absolute Gasteiger partial charge is 0.480 e. The van der Waals surface area contributed by atoms with Crippen LogP contribution >= 0.6 is 0 Å². The van der Waals surface area contributed by atoms with Crippen molar-refractivity contribution < 1.29 is 9.90 Å². The van der Waals surface area contributed by atoms with Crippen LogP contribution in [0.1, 0.15) is 19.4 Å². The highest BCUT2D eigenvalue weighted by Crippen LogP contribution is 2.25. The van der Waals surface area contributed by atoms with Gasteiger partial charge < -0.3 is 9.67 Å². The Morgan fingerprint density at radius 3 is 2.62 bits per heavy atom. The lowest BCUT2D eigenvalue weighted by Gasteiger charge is -2.22. The number of carboxylic acid groups (broad SMARTS) is 1. The molecule has 1 heterocycles. The smallest absolute Gasteiger partial charge is 0.329 e. The van der Waals surface area contributed by atoms with Crippen LogP contribution < -0.4 is 0 Å². The first-order chi connectivity index (χ1) is 7.43. The molecular weight excluding hydrogens is 202 g/mol. The Balaban J connectivity index is 2.67. The maximum atomic E-state index is 11.2. The summed E-state index contributed by atoms with van der Waals surface area (Å²) in [5.41, 5.74) is 1.22. The molecule has 2 aromatic rings. The number of aromatic nitrogens is 1. The molecule has 0 atom stereocenters. The zero-order valence-corrected chi connectivity index (χ0v) is 9.69. The highest BCUT2D eigenvalue weighted by molar-refractivity contribution is 5.85. The normalized spacial score (nSPS) is 11.9. The molecule has 16 heavy (non-hydrogen) atoms. The van der Waals surface area contributed by atoms with E-state index in [-0.39, 0.29) is 0 Å². The lowest BCUT2D eigenvalue weighted by Crippen LogP contribution is -2.34. The van der Waals surface area contributed by atoms with E-state index in [0.717, 1.165) is 10.9 Å². The minimum Gasteiger partial charge on any atom is -0.480 e. The van der Waals surface area contributed by atoms with Gasteiger partial charge in [0, 0.05) is 11.7 Å². The first kappa shape index (κ1) is 10.7. The summed E-state index contributed by atoms with van der Waals surface area (Å²) in [6.45, 7) is 5.43. The Kier molecular flexibility index (Phi) is 2.26. The number of hydrogen-bond donors (Lipinski definition) is 1. The molecule has 0 aliphatic heterocycles. The number of fused-ring (bicyclic) bond motifs is 1. The molecule has 1 aromatic carbocycles. The maximum absolute atomic E-state index is 11.2. The molecule has 0 unspecified atom stereocenters. The SMILES string of the molecule is Cc1ccc2c(ccn2C(C)(C)C(=O)O)c1. The standard InChI is InChI=1S/C13H15NO2/c1-9-4-5-11-10(8-9)6-7-14(11)13(2,3)12(15)16/h4-8H,1-3H3,(H,15,16). The summed E-state index contributed by atoms with van der Waals surface area (Å²) in [5, 5.41) is 10.3. The molecule has 0 saturated carbocycles. The van der Waals surface area contributed by atoms with Crippen molar-refractivity contribution in [2.45, 2.75) is 26.3 Å². The predicted octanol–water partition coefficient (Wildman–Crippen LogP) is 2.77. The molecule has 3 nitrogen and oxygen atoms in total. The van der Waals surface area contributed by atoms with E-state index in [2.05, 4.69) is 6.07 Å². The number of carbonyl (C=O) groups is 1. The van der Waals surface area contributed by atoms with Gasteiger partial charge in [-0.15, -0.1) is 0 Å². The van der Waals surface area contributed by atoms with E-state index >= 15 is 0 Å². The molecule has 0 spiro atoms. The van der Waals surface area contributed by atoms with Crippen molar-refractivity contribution in [2.75, 3.05) is 0 Å². The molecule has 0 aliphatic rings. The highest BCUT2D eigenvalue weighted by Gasteiger charge is 2.29. The molecule has 0 aliphatic carbocycles. The second-order valence-electron chi connectivity index (χ2n) is 4.61. The zero-order chi connectivity index (χ0) is 11.9. The van der Waals surface area contributed by atoms with Crippen LogP contribution in [0.2, 0.25) is 0 Å². The van der Waals surface area contributed by atoms with Crippen LogP contribution in [-0.4, -0.2) is 15.6 Å². The highest BCUT2D eigenvalue weighted by atomic mass is 16.4. The van der Waals surface area contributed by atoms with Crippen LogP contribution in [0.5, 0.6) is 0 Å². The number of carboxylic acids is 1. The summed E-state index contributed by atoms with van der Waals surface area (Å²) >= 11 is 0. The number of hydrogen-bond acceptors (Lipinski definition) is 1. The minimum atomic E-state index is -0.920. The number of nitrogens with zero attached hydrogens (tertiary/aromatic N) is 1. The molecule has 1 N–H and O–H groups in total. The van der Waals surface area contributed by atoms with Gasteiger partial charge in [0.15, 0.2) is 0 Å². The van der Waals surface area contributed by atoms with E-state index in [1.54, 1.807) is 18.4 Å². The van der Waals surface area contributed by atoms with E-state index in [1.807, 2.05) is 31.3 Å². The van der Waals surface area contributed by atoms with Gasteiger partial charge >= 0.3 is 5.97 Å². The number of benzene rings is 1.